The minimum Gasteiger partial charge on any atom is -0.469 e. The third-order valence-electron chi connectivity index (χ3n) is 12.0. The average molecular weight is 742 g/mol. The summed E-state index contributed by atoms with van der Waals surface area (Å²) >= 11 is 0. The molecule has 7 heteroatoms. The molecule has 2 rings (SSSR count). The van der Waals surface area contributed by atoms with E-state index in [1.54, 1.807) is 6.08 Å². The summed E-state index contributed by atoms with van der Waals surface area (Å²) in [4.78, 5) is 53.4. The molecule has 2 aliphatic carbocycles. The molecule has 1 amide bonds. The number of carbonyl (C=O) groups excluding carboxylic acids is 4. The lowest BCUT2D eigenvalue weighted by Gasteiger charge is -2.37. The molecule has 0 radical (unpaired) electrons. The highest BCUT2D eigenvalue weighted by Gasteiger charge is 2.56. The summed E-state index contributed by atoms with van der Waals surface area (Å²) in [6.07, 6.45) is 37.8. The van der Waals surface area contributed by atoms with Crippen LogP contribution in [0.4, 0.5) is 0 Å². The van der Waals surface area contributed by atoms with E-state index in [1.165, 1.54) is 155 Å². The van der Waals surface area contributed by atoms with Crippen molar-refractivity contribution in [3.63, 3.8) is 0 Å². The quantitative estimate of drug-likeness (QED) is 0.0310. The number of hydrogen-bond donors (Lipinski definition) is 1. The predicted molar refractivity (Wildman–Crippen MR) is 217 cm³/mol. The zero-order valence-electron chi connectivity index (χ0n) is 34.6. The fourth-order valence-electron chi connectivity index (χ4n) is 8.92. The van der Waals surface area contributed by atoms with Crippen molar-refractivity contribution in [2.75, 3.05) is 14.2 Å². The van der Waals surface area contributed by atoms with Crippen LogP contribution in [0.2, 0.25) is 0 Å². The average Bonchev–Trinajstić information content (AvgIpc) is 3.44. The Balaban J connectivity index is 1.93. The van der Waals surface area contributed by atoms with Crippen molar-refractivity contribution in [3.8, 4) is 0 Å². The summed E-state index contributed by atoms with van der Waals surface area (Å²) in [6, 6.07) is 0. The van der Waals surface area contributed by atoms with Crippen LogP contribution < -0.4 is 5.73 Å². The van der Waals surface area contributed by atoms with Gasteiger partial charge in [-0.3, -0.25) is 14.4 Å². The summed E-state index contributed by atoms with van der Waals surface area (Å²) in [6.45, 7) is 4.52. The molecule has 53 heavy (non-hydrogen) atoms. The van der Waals surface area contributed by atoms with Crippen LogP contribution in [0, 0.1) is 23.7 Å². The molecule has 0 aliphatic heterocycles. The maximum Gasteiger partial charge on any atom is 0.341 e. The first-order chi connectivity index (χ1) is 25.8. The Morgan fingerprint density at radius 1 is 0.547 bits per heavy atom. The number of carbonyl (C=O) groups is 4. The van der Waals surface area contributed by atoms with Gasteiger partial charge >= 0.3 is 11.9 Å². The van der Waals surface area contributed by atoms with Crippen LogP contribution in [0.15, 0.2) is 22.8 Å². The lowest BCUT2D eigenvalue weighted by molar-refractivity contribution is -0.147. The van der Waals surface area contributed by atoms with Gasteiger partial charge in [-0.1, -0.05) is 192 Å². The van der Waals surface area contributed by atoms with Crippen LogP contribution in [0.3, 0.4) is 0 Å². The molecule has 2 N–H and O–H groups in total. The van der Waals surface area contributed by atoms with Crippen molar-refractivity contribution >= 4 is 23.6 Å². The maximum atomic E-state index is 13.9. The first-order valence-corrected chi connectivity index (χ1v) is 22.3. The standard InChI is InChI=1S/C46H79NO6/c1-5-7-9-11-13-15-17-19-21-23-25-27-29-31-33-36-35-38(44(47)49)41-40(39(36)45(50)52-3)37(42(43(41)48)46(51)53-4)34-32-30-28-26-24-22-20-18-16-14-12-10-8-6-2/h35,38-41H,5-34H2,1-4H3,(H2,47,49). The van der Waals surface area contributed by atoms with Crippen LogP contribution in [-0.4, -0.2) is 37.8 Å². The Hall–Kier alpha value is -2.44. The number of hydrogen-bond acceptors (Lipinski definition) is 6. The normalized spacial score (nSPS) is 19.7. The van der Waals surface area contributed by atoms with Gasteiger partial charge in [-0.05, 0) is 31.3 Å². The highest BCUT2D eigenvalue weighted by atomic mass is 16.5. The first-order valence-electron chi connectivity index (χ1n) is 22.3. The Kier molecular flexibility index (Phi) is 25.5. The van der Waals surface area contributed by atoms with E-state index >= 15 is 0 Å². The van der Waals surface area contributed by atoms with Gasteiger partial charge < -0.3 is 15.2 Å². The summed E-state index contributed by atoms with van der Waals surface area (Å²) in [5, 5.41) is 0. The molecule has 7 nitrogen and oxygen atoms in total. The van der Waals surface area contributed by atoms with Crippen LogP contribution in [0.1, 0.15) is 206 Å². The molecule has 0 aromatic carbocycles. The molecule has 2 aliphatic rings. The number of esters is 2. The van der Waals surface area contributed by atoms with E-state index in [1.807, 2.05) is 0 Å². The second kappa shape index (κ2) is 28.9. The van der Waals surface area contributed by atoms with Crippen molar-refractivity contribution in [3.05, 3.63) is 22.8 Å². The second-order valence-electron chi connectivity index (χ2n) is 16.2. The molecule has 304 valence electrons. The van der Waals surface area contributed by atoms with Gasteiger partial charge in [0, 0.05) is 11.8 Å². The lowest BCUT2D eigenvalue weighted by Crippen LogP contribution is -2.44. The van der Waals surface area contributed by atoms with E-state index in [4.69, 9.17) is 15.2 Å². The Bertz CT molecular complexity index is 1130. The van der Waals surface area contributed by atoms with Crippen molar-refractivity contribution in [2.45, 2.75) is 206 Å². The Morgan fingerprint density at radius 2 is 0.925 bits per heavy atom. The van der Waals surface area contributed by atoms with E-state index < -0.39 is 47.3 Å². The molecule has 0 aromatic heterocycles. The van der Waals surface area contributed by atoms with Gasteiger partial charge in [-0.2, -0.15) is 0 Å². The number of allylic oxidation sites excluding steroid dienone is 1. The number of nitrogens with two attached hydrogens (primary N) is 1. The number of unbranched alkanes of at least 4 members (excludes halogenated alkanes) is 26. The van der Waals surface area contributed by atoms with Gasteiger partial charge in [-0.15, -0.1) is 0 Å². The topological polar surface area (TPSA) is 113 Å². The molecule has 4 atom stereocenters. The number of rotatable bonds is 33. The summed E-state index contributed by atoms with van der Waals surface area (Å²) in [7, 11) is 2.65. The molecule has 0 saturated heterocycles. The van der Waals surface area contributed by atoms with Crippen molar-refractivity contribution in [2.24, 2.45) is 29.4 Å². The predicted octanol–water partition coefficient (Wildman–Crippen LogP) is 11.8. The molecule has 4 unspecified atom stereocenters. The molecule has 0 fully saturated rings. The van der Waals surface area contributed by atoms with E-state index in [0.29, 0.717) is 18.4 Å². The minimum atomic E-state index is -0.882. The van der Waals surface area contributed by atoms with Crippen molar-refractivity contribution < 1.29 is 28.7 Å². The van der Waals surface area contributed by atoms with Crippen molar-refractivity contribution in [1.82, 2.24) is 0 Å². The Labute approximate surface area is 324 Å². The number of ketones is 1. The van der Waals surface area contributed by atoms with Gasteiger partial charge in [-0.25, -0.2) is 4.79 Å². The third-order valence-corrected chi connectivity index (χ3v) is 12.0. The number of fused-ring (bicyclic) bond motifs is 1. The highest BCUT2D eigenvalue weighted by molar-refractivity contribution is 6.22. The molecule has 0 bridgehead atoms. The van der Waals surface area contributed by atoms with Crippen molar-refractivity contribution in [1.29, 1.82) is 0 Å². The van der Waals surface area contributed by atoms with Gasteiger partial charge in [0.25, 0.3) is 0 Å². The largest absolute Gasteiger partial charge is 0.469 e. The summed E-state index contributed by atoms with van der Waals surface area (Å²) < 4.78 is 10.4. The molecule has 0 saturated carbocycles. The zero-order valence-corrected chi connectivity index (χ0v) is 34.6. The van der Waals surface area contributed by atoms with Crippen LogP contribution in [-0.2, 0) is 28.7 Å². The summed E-state index contributed by atoms with van der Waals surface area (Å²) in [5.41, 5.74) is 7.41. The van der Waals surface area contributed by atoms with Crippen LogP contribution >= 0.6 is 0 Å². The number of Topliss-reactive ketones (excluding diaryl/α,β-unsaturated/α-hetero) is 1. The third kappa shape index (κ3) is 16.9. The first kappa shape index (κ1) is 46.7. The molecule has 0 spiro atoms. The van der Waals surface area contributed by atoms with Gasteiger partial charge in [0.05, 0.1) is 26.1 Å². The van der Waals surface area contributed by atoms with E-state index in [2.05, 4.69) is 13.8 Å². The number of ether oxygens (including phenoxy) is 2. The SMILES string of the molecule is CCCCCCCCCCCCCCCCC1=CC(C(N)=O)C2C(=O)C(C(=O)OC)=C(CCCCCCCCCCCCCCCC)C2C1C(=O)OC. The fourth-order valence-corrected chi connectivity index (χ4v) is 8.92. The molecule has 0 aromatic rings. The monoisotopic (exact) mass is 742 g/mol. The second-order valence-corrected chi connectivity index (χ2v) is 16.2. The van der Waals surface area contributed by atoms with Crippen LogP contribution in [0.25, 0.3) is 0 Å². The van der Waals surface area contributed by atoms with Crippen LogP contribution in [0.5, 0.6) is 0 Å². The van der Waals surface area contributed by atoms with Gasteiger partial charge in [0.1, 0.15) is 5.57 Å². The number of primary amides is 1. The van der Waals surface area contributed by atoms with E-state index in [-0.39, 0.29) is 5.57 Å². The number of methoxy groups -OCH3 is 2. The molecular formula is C46H79NO6. The van der Waals surface area contributed by atoms with Gasteiger partial charge in [0.15, 0.2) is 5.78 Å². The number of amides is 1. The lowest BCUT2D eigenvalue weighted by atomic mass is 9.64. The van der Waals surface area contributed by atoms with E-state index in [9.17, 15) is 19.2 Å². The zero-order chi connectivity index (χ0) is 38.7. The highest BCUT2D eigenvalue weighted by Crippen LogP contribution is 2.52. The maximum absolute atomic E-state index is 13.9. The van der Waals surface area contributed by atoms with Gasteiger partial charge in [0.2, 0.25) is 5.91 Å². The molecule has 0 heterocycles. The Morgan fingerprint density at radius 3 is 1.28 bits per heavy atom. The minimum absolute atomic E-state index is 0.0171. The van der Waals surface area contributed by atoms with E-state index in [0.717, 1.165) is 44.1 Å². The smallest absolute Gasteiger partial charge is 0.341 e. The fraction of sp³-hybridized carbons (Fsp3) is 0.826. The molecular weight excluding hydrogens is 663 g/mol. The summed E-state index contributed by atoms with van der Waals surface area (Å²) in [5.74, 6) is -5.22.